The average Bonchev–Trinajstić information content (AvgIpc) is 1.89. The summed E-state index contributed by atoms with van der Waals surface area (Å²) in [5.41, 5.74) is 2.07. The molecular formula is C4H23NO10. The molecule has 0 fully saturated rings. The summed E-state index contributed by atoms with van der Waals surface area (Å²) in [6, 6.07) is 0. The summed E-state index contributed by atoms with van der Waals surface area (Å²) in [5.74, 6) is 0. The molecule has 15 heavy (non-hydrogen) atoms. The maximum atomic E-state index is 8.15. The third kappa shape index (κ3) is 58.6. The molecule has 0 aromatic carbocycles. The topological polar surface area (TPSA) is 260 Å². The van der Waals surface area contributed by atoms with Gasteiger partial charge in [0.15, 0.2) is 0 Å². The summed E-state index contributed by atoms with van der Waals surface area (Å²) in [4.78, 5) is 8.90. The van der Waals surface area contributed by atoms with Crippen LogP contribution in [0.4, 0.5) is 0 Å². The van der Waals surface area contributed by atoms with Crippen LogP contribution in [0.15, 0.2) is 0 Å². The first-order valence-corrected chi connectivity index (χ1v) is 2.62. The summed E-state index contributed by atoms with van der Waals surface area (Å²) in [7, 11) is 0. The lowest BCUT2D eigenvalue weighted by atomic mass is 10.8. The van der Waals surface area contributed by atoms with Crippen molar-refractivity contribution in [2.45, 2.75) is 0 Å². The van der Waals surface area contributed by atoms with Gasteiger partial charge in [-0.25, -0.2) is 0 Å². The molecule has 0 spiro atoms. The fourth-order valence-electron chi connectivity index (χ4n) is 0.216. The Morgan fingerprint density at radius 3 is 1.13 bits per heavy atom. The highest BCUT2D eigenvalue weighted by atomic mass is 16.9. The first-order valence-electron chi connectivity index (χ1n) is 2.62. The Kier molecular flexibility index (Phi) is 155. The van der Waals surface area contributed by atoms with E-state index in [1.54, 1.807) is 0 Å². The van der Waals surface area contributed by atoms with Gasteiger partial charge in [-0.1, -0.05) is 5.64 Å². The zero-order valence-electron chi connectivity index (χ0n) is 8.04. The van der Waals surface area contributed by atoms with Crippen molar-refractivity contribution in [3.05, 3.63) is 0 Å². The molecule has 0 aromatic heterocycles. The van der Waals surface area contributed by atoms with E-state index in [2.05, 4.69) is 15.3 Å². The van der Waals surface area contributed by atoms with Crippen molar-refractivity contribution < 1.29 is 52.7 Å². The molecule has 0 atom stereocenters. The van der Waals surface area contributed by atoms with Gasteiger partial charge in [0.25, 0.3) is 0 Å². The van der Waals surface area contributed by atoms with Gasteiger partial charge in [0.05, 0.1) is 26.4 Å². The zero-order valence-corrected chi connectivity index (χ0v) is 8.04. The molecule has 0 rings (SSSR count). The van der Waals surface area contributed by atoms with Crippen molar-refractivity contribution in [3.8, 4) is 0 Å². The lowest BCUT2D eigenvalue weighted by Gasteiger charge is -2.01. The highest BCUT2D eigenvalue weighted by Gasteiger charge is 1.83. The van der Waals surface area contributed by atoms with Crippen LogP contribution in [0, 0.1) is 0 Å². The van der Waals surface area contributed by atoms with Gasteiger partial charge in [-0.2, -0.15) is 0 Å². The lowest BCUT2D eigenvalue weighted by Crippen LogP contribution is -2.19. The van der Waals surface area contributed by atoms with E-state index in [0.29, 0.717) is 0 Å². The first-order chi connectivity index (χ1) is 4.41. The second kappa shape index (κ2) is 49.7. The van der Waals surface area contributed by atoms with Crippen molar-refractivity contribution in [1.29, 1.82) is 0 Å². The molecule has 0 bridgehead atoms. The third-order valence-electron chi connectivity index (χ3n) is 0.505. The van der Waals surface area contributed by atoms with Crippen molar-refractivity contribution >= 4 is 0 Å². The summed E-state index contributed by atoms with van der Waals surface area (Å²) in [6.45, 7) is 0.224. The van der Waals surface area contributed by atoms with E-state index in [1.807, 2.05) is 0 Å². The van der Waals surface area contributed by atoms with Crippen molar-refractivity contribution in [2.75, 3.05) is 26.4 Å². The lowest BCUT2D eigenvalue weighted by molar-refractivity contribution is -0.178. The van der Waals surface area contributed by atoms with Crippen LogP contribution in [0.1, 0.15) is 0 Å². The Labute approximate surface area is 86.0 Å². The number of rotatable bonds is 6. The van der Waals surface area contributed by atoms with Gasteiger partial charge in [-0.05, 0) is 0 Å². The zero-order chi connectivity index (χ0) is 6.95. The standard InChI is InChI=1S/C4H11NO4.6H2O/c6-1-3-8-5-9-4-2-7;;;;;;/h5-7H,1-4H2;6*1H2. The molecule has 0 amide bonds. The molecule has 104 valence electrons. The Hall–Kier alpha value is -0.440. The Balaban J connectivity index is -0.0000000213. The second-order valence-electron chi connectivity index (χ2n) is 1.23. The molecule has 11 heteroatoms. The minimum absolute atomic E-state index is 0. The van der Waals surface area contributed by atoms with Gasteiger partial charge >= 0.3 is 0 Å². The van der Waals surface area contributed by atoms with E-state index < -0.39 is 0 Å². The van der Waals surface area contributed by atoms with E-state index in [9.17, 15) is 0 Å². The van der Waals surface area contributed by atoms with Crippen molar-refractivity contribution in [1.82, 2.24) is 5.64 Å². The van der Waals surface area contributed by atoms with E-state index in [-0.39, 0.29) is 59.3 Å². The minimum atomic E-state index is -0.0600. The number of hydrogen-bond donors (Lipinski definition) is 3. The number of aliphatic hydroxyl groups excluding tert-OH is 2. The van der Waals surface area contributed by atoms with Gasteiger partial charge in [0.1, 0.15) is 0 Å². The third-order valence-corrected chi connectivity index (χ3v) is 0.505. The van der Waals surface area contributed by atoms with Gasteiger partial charge in [-0.3, -0.25) is 9.68 Å². The highest BCUT2D eigenvalue weighted by Crippen LogP contribution is 1.67. The number of hydrogen-bond acceptors (Lipinski definition) is 5. The largest absolute Gasteiger partial charge is 0.412 e. The smallest absolute Gasteiger partial charge is 0.0940 e. The monoisotopic (exact) mass is 245 g/mol. The molecule has 0 unspecified atom stereocenters. The molecule has 0 aliphatic rings. The molecule has 0 saturated heterocycles. The van der Waals surface area contributed by atoms with Gasteiger partial charge in [0.2, 0.25) is 0 Å². The van der Waals surface area contributed by atoms with Crippen LogP contribution in [-0.4, -0.2) is 69.5 Å². The van der Waals surface area contributed by atoms with Gasteiger partial charge < -0.3 is 43.1 Å². The molecule has 0 aliphatic carbocycles. The predicted molar refractivity (Wildman–Crippen MR) is 50.9 cm³/mol. The van der Waals surface area contributed by atoms with E-state index in [1.165, 1.54) is 0 Å². The summed E-state index contributed by atoms with van der Waals surface area (Å²) < 4.78 is 0. The predicted octanol–water partition coefficient (Wildman–Crippen LogP) is -6.52. The molecule has 11 nitrogen and oxygen atoms in total. The first kappa shape index (κ1) is 46.8. The maximum absolute atomic E-state index is 8.15. The fraction of sp³-hybridized carbons (Fsp3) is 1.00. The minimum Gasteiger partial charge on any atom is -0.412 e. The fourth-order valence-corrected chi connectivity index (χ4v) is 0.216. The van der Waals surface area contributed by atoms with Crippen LogP contribution in [0.25, 0.3) is 0 Å². The molecule has 0 aromatic rings. The van der Waals surface area contributed by atoms with Crippen molar-refractivity contribution in [3.63, 3.8) is 0 Å². The van der Waals surface area contributed by atoms with Crippen LogP contribution >= 0.6 is 0 Å². The van der Waals surface area contributed by atoms with Crippen LogP contribution in [0.3, 0.4) is 0 Å². The number of nitrogens with one attached hydrogen (secondary N) is 1. The average molecular weight is 245 g/mol. The summed E-state index contributed by atoms with van der Waals surface area (Å²) in [6.07, 6.45) is 0. The molecule has 15 N–H and O–H groups in total. The molecule has 0 radical (unpaired) electrons. The van der Waals surface area contributed by atoms with E-state index in [0.717, 1.165) is 0 Å². The van der Waals surface area contributed by atoms with Crippen LogP contribution in [-0.2, 0) is 9.68 Å². The van der Waals surface area contributed by atoms with Gasteiger partial charge in [-0.15, -0.1) is 0 Å². The SMILES string of the molecule is O.O.O.O.O.O.OCCONOCCO. The molecule has 0 saturated carbocycles. The molecular weight excluding hydrogens is 222 g/mol. The van der Waals surface area contributed by atoms with Crippen LogP contribution in [0.2, 0.25) is 0 Å². The van der Waals surface area contributed by atoms with Crippen LogP contribution < -0.4 is 5.64 Å². The normalized spacial score (nSPS) is 6.00. The molecule has 0 aliphatic heterocycles. The van der Waals surface area contributed by atoms with E-state index >= 15 is 0 Å². The quantitative estimate of drug-likeness (QED) is 0.303. The maximum Gasteiger partial charge on any atom is 0.0940 e. The van der Waals surface area contributed by atoms with Crippen molar-refractivity contribution in [2.24, 2.45) is 0 Å². The summed E-state index contributed by atoms with van der Waals surface area (Å²) in [5, 5.41) is 16.3. The van der Waals surface area contributed by atoms with E-state index in [4.69, 9.17) is 10.2 Å². The second-order valence-corrected chi connectivity index (χ2v) is 1.23. The Bertz CT molecular complexity index is 50.7. The Morgan fingerprint density at radius 1 is 0.667 bits per heavy atom. The molecule has 0 heterocycles. The van der Waals surface area contributed by atoms with Gasteiger partial charge in [0, 0.05) is 0 Å². The highest BCUT2D eigenvalue weighted by molar-refractivity contribution is 4.16. The van der Waals surface area contributed by atoms with Crippen LogP contribution in [0.5, 0.6) is 0 Å². The summed E-state index contributed by atoms with van der Waals surface area (Å²) >= 11 is 0. The number of aliphatic hydroxyl groups is 2. The Morgan fingerprint density at radius 2 is 0.933 bits per heavy atom.